The van der Waals surface area contributed by atoms with Crippen molar-refractivity contribution in [2.45, 2.75) is 49.6 Å². The topological polar surface area (TPSA) is 123 Å². The lowest BCUT2D eigenvalue weighted by Gasteiger charge is -2.43. The third-order valence-corrected chi connectivity index (χ3v) is 9.44. The Hall–Kier alpha value is -4.41. The van der Waals surface area contributed by atoms with Crippen molar-refractivity contribution >= 4 is 29.6 Å². The highest BCUT2D eigenvalue weighted by atomic mass is 16.5. The van der Waals surface area contributed by atoms with Gasteiger partial charge in [0, 0.05) is 36.5 Å². The summed E-state index contributed by atoms with van der Waals surface area (Å²) in [7, 11) is 0. The van der Waals surface area contributed by atoms with E-state index in [1.807, 2.05) is 41.3 Å². The van der Waals surface area contributed by atoms with Crippen molar-refractivity contribution in [2.75, 3.05) is 38.3 Å². The minimum atomic E-state index is -0.810. The Labute approximate surface area is 255 Å². The van der Waals surface area contributed by atoms with Crippen molar-refractivity contribution in [3.63, 3.8) is 0 Å². The zero-order valence-electron chi connectivity index (χ0n) is 24.6. The minimum Gasteiger partial charge on any atom is -0.377 e. The fraction of sp³-hybridized carbons (Fsp3) is 0.382. The number of amides is 3. The molecule has 1 spiro atoms. The van der Waals surface area contributed by atoms with Crippen LogP contribution in [0.4, 0.5) is 5.82 Å². The summed E-state index contributed by atoms with van der Waals surface area (Å²) >= 11 is 0. The number of nitrogens with zero attached hydrogens (tertiary/aromatic N) is 3. The summed E-state index contributed by atoms with van der Waals surface area (Å²) in [6, 6.07) is 13.1. The Morgan fingerprint density at radius 1 is 0.955 bits per heavy atom. The number of aromatic nitrogens is 2. The largest absolute Gasteiger partial charge is 0.377 e. The summed E-state index contributed by atoms with van der Waals surface area (Å²) in [5.41, 5.74) is 4.09. The Bertz CT molecular complexity index is 1640. The van der Waals surface area contributed by atoms with E-state index in [1.54, 1.807) is 18.5 Å². The molecule has 7 bridgehead atoms. The van der Waals surface area contributed by atoms with Crippen LogP contribution in [0.15, 0.2) is 60.9 Å². The van der Waals surface area contributed by atoms with E-state index in [0.29, 0.717) is 58.1 Å². The molecule has 3 aliphatic heterocycles. The number of ether oxygens (including phenoxy) is 2. The van der Waals surface area contributed by atoms with Crippen LogP contribution in [0.25, 0.3) is 6.08 Å². The van der Waals surface area contributed by atoms with E-state index in [9.17, 15) is 14.4 Å². The number of fused-ring (bicyclic) bond motifs is 4. The van der Waals surface area contributed by atoms with E-state index in [4.69, 9.17) is 9.47 Å². The number of nitrogens with one attached hydrogen (secondary N) is 2. The van der Waals surface area contributed by atoms with E-state index in [2.05, 4.69) is 39.7 Å². The first-order valence-electron chi connectivity index (χ1n) is 15.2. The van der Waals surface area contributed by atoms with Gasteiger partial charge in [0.05, 0.1) is 31.8 Å². The number of anilines is 1. The van der Waals surface area contributed by atoms with Crippen LogP contribution < -0.4 is 10.6 Å². The molecule has 0 radical (unpaired) electrons. The standard InChI is InChI=1S/C34H35N5O5/c1-21-26(23-7-3-2-4-8-23)16-29-32(41)39(21)9-11-44-13-12-43-10-5-6-22-14-27-30(36-19-22)38-33(42)34(27)17-24-15-28(31(40)37-29)35-20-25(24)18-34/h2-8,14-15,19-21,26,29H,9-13,16-18H2,1H3,(H,37,40)(H,36,38,42)/b6-5+/t21?,26?,29?,34-/m0/s1. The smallest absolute Gasteiger partial charge is 0.270 e. The van der Waals surface area contributed by atoms with E-state index in [1.165, 1.54) is 0 Å². The number of hydrogen-bond donors (Lipinski definition) is 2. The van der Waals surface area contributed by atoms with Crippen molar-refractivity contribution in [1.29, 1.82) is 0 Å². The van der Waals surface area contributed by atoms with Crippen LogP contribution in [-0.2, 0) is 37.3 Å². The van der Waals surface area contributed by atoms with Crippen LogP contribution >= 0.6 is 0 Å². The average molecular weight is 594 g/mol. The van der Waals surface area contributed by atoms with Crippen molar-refractivity contribution in [3.05, 3.63) is 94.4 Å². The van der Waals surface area contributed by atoms with Gasteiger partial charge in [-0.2, -0.15) is 0 Å². The summed E-state index contributed by atoms with van der Waals surface area (Å²) in [5, 5.41) is 5.95. The van der Waals surface area contributed by atoms with Crippen molar-refractivity contribution in [3.8, 4) is 0 Å². The normalized spacial score (nSPS) is 27.7. The van der Waals surface area contributed by atoms with Crippen molar-refractivity contribution in [2.24, 2.45) is 0 Å². The van der Waals surface area contributed by atoms with Gasteiger partial charge < -0.3 is 25.0 Å². The molecule has 4 atom stereocenters. The molecule has 4 aliphatic rings. The second-order valence-corrected chi connectivity index (χ2v) is 12.0. The fourth-order valence-corrected chi connectivity index (χ4v) is 7.09. The molecule has 44 heavy (non-hydrogen) atoms. The third kappa shape index (κ3) is 5.07. The van der Waals surface area contributed by atoms with Gasteiger partial charge >= 0.3 is 0 Å². The maximum absolute atomic E-state index is 13.8. The SMILES string of the molecule is CC1C(c2ccccc2)CC2NC(=O)c3cc4c(cn3)C[C@]3(C4)C(=O)Nc4ncc(cc43)/C=C/COCCOCCN1C2=O. The maximum Gasteiger partial charge on any atom is 0.270 e. The van der Waals surface area contributed by atoms with Gasteiger partial charge in [0.15, 0.2) is 0 Å². The summed E-state index contributed by atoms with van der Waals surface area (Å²) in [4.78, 5) is 51.6. The minimum absolute atomic E-state index is 0.0344. The first-order valence-corrected chi connectivity index (χ1v) is 15.2. The highest BCUT2D eigenvalue weighted by Gasteiger charge is 2.51. The number of benzene rings is 1. The maximum atomic E-state index is 13.8. The van der Waals surface area contributed by atoms with Gasteiger partial charge in [0.2, 0.25) is 11.8 Å². The Morgan fingerprint density at radius 2 is 1.77 bits per heavy atom. The van der Waals surface area contributed by atoms with Crippen LogP contribution in [0.5, 0.6) is 0 Å². The monoisotopic (exact) mass is 593 g/mol. The van der Waals surface area contributed by atoms with Crippen molar-refractivity contribution in [1.82, 2.24) is 20.2 Å². The summed E-state index contributed by atoms with van der Waals surface area (Å²) in [6.07, 6.45) is 8.67. The number of rotatable bonds is 1. The molecule has 10 heteroatoms. The summed E-state index contributed by atoms with van der Waals surface area (Å²) in [6.45, 7) is 4.04. The second-order valence-electron chi connectivity index (χ2n) is 12.0. The Kier molecular flexibility index (Phi) is 7.47. The molecule has 3 aromatic rings. The molecule has 0 saturated carbocycles. The van der Waals surface area contributed by atoms with Crippen LogP contribution in [0.3, 0.4) is 0 Å². The summed E-state index contributed by atoms with van der Waals surface area (Å²) < 4.78 is 11.6. The molecule has 7 rings (SSSR count). The first kappa shape index (κ1) is 28.4. The molecular formula is C34H35N5O5. The van der Waals surface area contributed by atoms with E-state index in [-0.39, 0.29) is 29.5 Å². The zero-order chi connectivity index (χ0) is 30.3. The molecule has 3 unspecified atom stereocenters. The number of carbonyl (C=O) groups is 3. The van der Waals surface area contributed by atoms with Gasteiger partial charge in [-0.15, -0.1) is 0 Å². The van der Waals surface area contributed by atoms with Crippen LogP contribution in [0.1, 0.15) is 57.6 Å². The van der Waals surface area contributed by atoms with E-state index in [0.717, 1.165) is 27.8 Å². The lowest BCUT2D eigenvalue weighted by molar-refractivity contribution is -0.140. The molecule has 10 nitrogen and oxygen atoms in total. The highest BCUT2D eigenvalue weighted by molar-refractivity contribution is 6.06. The van der Waals surface area contributed by atoms with Gasteiger partial charge in [0.25, 0.3) is 5.91 Å². The predicted molar refractivity (Wildman–Crippen MR) is 163 cm³/mol. The molecule has 1 aromatic carbocycles. The molecule has 1 fully saturated rings. The third-order valence-electron chi connectivity index (χ3n) is 9.44. The van der Waals surface area contributed by atoms with Gasteiger partial charge in [-0.05, 0) is 60.6 Å². The number of hydrogen-bond acceptors (Lipinski definition) is 7. The Morgan fingerprint density at radius 3 is 2.64 bits per heavy atom. The molecule has 1 aliphatic carbocycles. The Balaban J connectivity index is 1.21. The first-order chi connectivity index (χ1) is 21.4. The average Bonchev–Trinajstić information content (AvgIpc) is 3.55. The molecule has 3 amide bonds. The van der Waals surface area contributed by atoms with Crippen molar-refractivity contribution < 1.29 is 23.9 Å². The van der Waals surface area contributed by atoms with Gasteiger partial charge in [-0.25, -0.2) is 4.98 Å². The van der Waals surface area contributed by atoms with Gasteiger partial charge in [0.1, 0.15) is 17.6 Å². The molecule has 2 N–H and O–H groups in total. The van der Waals surface area contributed by atoms with E-state index < -0.39 is 17.4 Å². The van der Waals surface area contributed by atoms with E-state index >= 15 is 0 Å². The molecule has 2 aromatic heterocycles. The molecule has 5 heterocycles. The fourth-order valence-electron chi connectivity index (χ4n) is 7.09. The predicted octanol–water partition coefficient (Wildman–Crippen LogP) is 3.03. The second kappa shape index (κ2) is 11.6. The molecule has 1 saturated heterocycles. The van der Waals surface area contributed by atoms with Gasteiger partial charge in [-0.3, -0.25) is 19.4 Å². The number of carbonyl (C=O) groups excluding carboxylic acids is 3. The lowest BCUT2D eigenvalue weighted by Crippen LogP contribution is -2.58. The van der Waals surface area contributed by atoms with Crippen LogP contribution in [-0.4, -0.2) is 77.6 Å². The lowest BCUT2D eigenvalue weighted by atomic mass is 9.79. The summed E-state index contributed by atoms with van der Waals surface area (Å²) in [5.74, 6) is -0.0410. The van der Waals surface area contributed by atoms with Crippen LogP contribution in [0.2, 0.25) is 0 Å². The van der Waals surface area contributed by atoms with Crippen LogP contribution in [0, 0.1) is 0 Å². The number of pyridine rings is 2. The quantitative estimate of drug-likeness (QED) is 0.445. The number of piperidine rings is 1. The molecular weight excluding hydrogens is 558 g/mol. The zero-order valence-corrected chi connectivity index (χ0v) is 24.6. The van der Waals surface area contributed by atoms with Gasteiger partial charge in [-0.1, -0.05) is 42.5 Å². The highest BCUT2D eigenvalue weighted by Crippen LogP contribution is 2.47. The molecule has 226 valence electrons.